The van der Waals surface area contributed by atoms with E-state index in [1.165, 1.54) is 24.1 Å². The standard InChI is InChI=1S/C13H21NS/c1-5-6-13(3)8-11-10(12(13)14-4)7-9(2)15-11/h7,12,14H,5-6,8H2,1-4H3/t12-,13+/m1/s1. The normalized spacial score (nSPS) is 29.5. The summed E-state index contributed by atoms with van der Waals surface area (Å²) in [6, 6.07) is 2.94. The SMILES string of the molecule is CCC[C@@]1(C)Cc2sc(C)cc2[C@H]1NC. The predicted molar refractivity (Wildman–Crippen MR) is 67.6 cm³/mol. The Labute approximate surface area is 96.9 Å². The zero-order chi connectivity index (χ0) is 11.1. The molecule has 84 valence electrons. The van der Waals surface area contributed by atoms with E-state index in [4.69, 9.17) is 0 Å². The second kappa shape index (κ2) is 3.91. The number of hydrogen-bond donors (Lipinski definition) is 1. The van der Waals surface area contributed by atoms with Crippen LogP contribution in [0.1, 0.15) is 48.0 Å². The highest BCUT2D eigenvalue weighted by Gasteiger charge is 2.41. The molecule has 1 nitrogen and oxygen atoms in total. The highest BCUT2D eigenvalue weighted by atomic mass is 32.1. The summed E-state index contributed by atoms with van der Waals surface area (Å²) in [7, 11) is 2.10. The van der Waals surface area contributed by atoms with Crippen molar-refractivity contribution in [2.75, 3.05) is 7.05 Å². The van der Waals surface area contributed by atoms with Crippen molar-refractivity contribution in [1.82, 2.24) is 5.32 Å². The fourth-order valence-corrected chi connectivity index (χ4v) is 4.39. The van der Waals surface area contributed by atoms with E-state index in [-0.39, 0.29) is 0 Å². The Balaban J connectivity index is 2.33. The molecule has 2 atom stereocenters. The van der Waals surface area contributed by atoms with Crippen LogP contribution < -0.4 is 5.32 Å². The monoisotopic (exact) mass is 223 g/mol. The van der Waals surface area contributed by atoms with Crippen LogP contribution in [-0.4, -0.2) is 7.05 Å². The molecular formula is C13H21NS. The molecule has 0 fully saturated rings. The van der Waals surface area contributed by atoms with E-state index < -0.39 is 0 Å². The van der Waals surface area contributed by atoms with Crippen molar-refractivity contribution < 1.29 is 0 Å². The number of aryl methyl sites for hydroxylation is 1. The fourth-order valence-electron chi connectivity index (χ4n) is 3.12. The molecule has 0 saturated heterocycles. The van der Waals surface area contributed by atoms with Gasteiger partial charge >= 0.3 is 0 Å². The Morgan fingerprint density at radius 1 is 1.60 bits per heavy atom. The second-order valence-electron chi connectivity index (χ2n) is 5.04. The van der Waals surface area contributed by atoms with Gasteiger partial charge in [-0.05, 0) is 43.9 Å². The summed E-state index contributed by atoms with van der Waals surface area (Å²) >= 11 is 1.98. The molecule has 0 bridgehead atoms. The van der Waals surface area contributed by atoms with Gasteiger partial charge in [0.25, 0.3) is 0 Å². The maximum Gasteiger partial charge on any atom is 0.0386 e. The Morgan fingerprint density at radius 3 is 2.93 bits per heavy atom. The third-order valence-corrected chi connectivity index (χ3v) is 4.71. The third-order valence-electron chi connectivity index (χ3n) is 3.65. The quantitative estimate of drug-likeness (QED) is 0.824. The summed E-state index contributed by atoms with van der Waals surface area (Å²) in [5, 5.41) is 3.52. The van der Waals surface area contributed by atoms with Crippen LogP contribution in [0.3, 0.4) is 0 Å². The molecule has 1 aliphatic carbocycles. The van der Waals surface area contributed by atoms with E-state index in [9.17, 15) is 0 Å². The lowest BCUT2D eigenvalue weighted by Crippen LogP contribution is -2.31. The highest BCUT2D eigenvalue weighted by Crippen LogP contribution is 2.50. The molecular weight excluding hydrogens is 202 g/mol. The van der Waals surface area contributed by atoms with Crippen LogP contribution in [0.25, 0.3) is 0 Å². The molecule has 1 aliphatic rings. The lowest BCUT2D eigenvalue weighted by molar-refractivity contribution is 0.228. The van der Waals surface area contributed by atoms with E-state index in [1.54, 1.807) is 10.4 Å². The molecule has 2 rings (SSSR count). The predicted octanol–water partition coefficient (Wildman–Crippen LogP) is 3.68. The molecule has 0 aliphatic heterocycles. The van der Waals surface area contributed by atoms with Crippen molar-refractivity contribution in [1.29, 1.82) is 0 Å². The van der Waals surface area contributed by atoms with Crippen molar-refractivity contribution in [2.45, 2.75) is 46.1 Å². The summed E-state index contributed by atoms with van der Waals surface area (Å²) in [5.41, 5.74) is 2.01. The molecule has 0 spiro atoms. The summed E-state index contributed by atoms with van der Waals surface area (Å²) in [6.07, 6.45) is 3.86. The van der Waals surface area contributed by atoms with Crippen LogP contribution in [0.2, 0.25) is 0 Å². The number of rotatable bonds is 3. The topological polar surface area (TPSA) is 12.0 Å². The van der Waals surface area contributed by atoms with Gasteiger partial charge in [-0.1, -0.05) is 20.3 Å². The molecule has 1 aromatic rings. The van der Waals surface area contributed by atoms with Crippen LogP contribution in [-0.2, 0) is 6.42 Å². The molecule has 15 heavy (non-hydrogen) atoms. The number of thiophene rings is 1. The van der Waals surface area contributed by atoms with Gasteiger partial charge < -0.3 is 5.32 Å². The maximum atomic E-state index is 3.52. The van der Waals surface area contributed by atoms with Gasteiger partial charge in [0, 0.05) is 15.8 Å². The van der Waals surface area contributed by atoms with Gasteiger partial charge in [0.15, 0.2) is 0 Å². The van der Waals surface area contributed by atoms with E-state index in [1.807, 2.05) is 11.3 Å². The first-order valence-electron chi connectivity index (χ1n) is 5.87. The van der Waals surface area contributed by atoms with Crippen LogP contribution in [0, 0.1) is 12.3 Å². The summed E-state index contributed by atoms with van der Waals surface area (Å²) in [6.45, 7) is 6.93. The van der Waals surface area contributed by atoms with Gasteiger partial charge in [-0.15, -0.1) is 11.3 Å². The average molecular weight is 223 g/mol. The smallest absolute Gasteiger partial charge is 0.0386 e. The van der Waals surface area contributed by atoms with E-state index >= 15 is 0 Å². The van der Waals surface area contributed by atoms with Gasteiger partial charge in [-0.25, -0.2) is 0 Å². The number of nitrogens with one attached hydrogen (secondary N) is 1. The zero-order valence-electron chi connectivity index (χ0n) is 10.2. The molecule has 1 N–H and O–H groups in total. The van der Waals surface area contributed by atoms with Crippen molar-refractivity contribution in [3.8, 4) is 0 Å². The van der Waals surface area contributed by atoms with Crippen LogP contribution in [0.4, 0.5) is 0 Å². The first-order valence-corrected chi connectivity index (χ1v) is 6.69. The average Bonchev–Trinajstić information content (AvgIpc) is 2.57. The minimum Gasteiger partial charge on any atom is -0.312 e. The van der Waals surface area contributed by atoms with E-state index in [2.05, 4.69) is 39.2 Å². The second-order valence-corrected chi connectivity index (χ2v) is 6.38. The van der Waals surface area contributed by atoms with Gasteiger partial charge in [0.1, 0.15) is 0 Å². The lowest BCUT2D eigenvalue weighted by atomic mass is 9.79. The van der Waals surface area contributed by atoms with E-state index in [0.29, 0.717) is 11.5 Å². The lowest BCUT2D eigenvalue weighted by Gasteiger charge is -2.31. The van der Waals surface area contributed by atoms with Gasteiger partial charge in [0.05, 0.1) is 0 Å². The Kier molecular flexibility index (Phi) is 2.91. The minimum absolute atomic E-state index is 0.443. The Bertz CT molecular complexity index is 355. The molecule has 1 aromatic heterocycles. The van der Waals surface area contributed by atoms with Crippen molar-refractivity contribution in [2.24, 2.45) is 5.41 Å². The molecule has 0 amide bonds. The Hall–Kier alpha value is -0.340. The van der Waals surface area contributed by atoms with Crippen LogP contribution in [0.5, 0.6) is 0 Å². The van der Waals surface area contributed by atoms with Gasteiger partial charge in [-0.3, -0.25) is 0 Å². The molecule has 1 heterocycles. The van der Waals surface area contributed by atoms with Gasteiger partial charge in [-0.2, -0.15) is 0 Å². The fraction of sp³-hybridized carbons (Fsp3) is 0.692. The highest BCUT2D eigenvalue weighted by molar-refractivity contribution is 7.12. The summed E-state index contributed by atoms with van der Waals surface area (Å²) in [4.78, 5) is 3.07. The van der Waals surface area contributed by atoms with Crippen molar-refractivity contribution in [3.63, 3.8) is 0 Å². The minimum atomic E-state index is 0.443. The summed E-state index contributed by atoms with van der Waals surface area (Å²) in [5.74, 6) is 0. The summed E-state index contributed by atoms with van der Waals surface area (Å²) < 4.78 is 0. The largest absolute Gasteiger partial charge is 0.312 e. The maximum absolute atomic E-state index is 3.52. The zero-order valence-corrected chi connectivity index (χ0v) is 11.0. The first-order chi connectivity index (χ1) is 7.10. The number of hydrogen-bond acceptors (Lipinski definition) is 2. The third kappa shape index (κ3) is 1.74. The molecule has 0 saturated carbocycles. The molecule has 2 heteroatoms. The van der Waals surface area contributed by atoms with E-state index in [0.717, 1.165) is 0 Å². The molecule has 0 unspecified atom stereocenters. The van der Waals surface area contributed by atoms with Crippen molar-refractivity contribution >= 4 is 11.3 Å². The first kappa shape index (κ1) is 11.2. The van der Waals surface area contributed by atoms with Gasteiger partial charge in [0.2, 0.25) is 0 Å². The van der Waals surface area contributed by atoms with Crippen LogP contribution in [0.15, 0.2) is 6.07 Å². The molecule has 0 aromatic carbocycles. The van der Waals surface area contributed by atoms with Crippen molar-refractivity contribution in [3.05, 3.63) is 21.4 Å². The number of fused-ring (bicyclic) bond motifs is 1. The van der Waals surface area contributed by atoms with Crippen LogP contribution >= 0.6 is 11.3 Å². The molecule has 0 radical (unpaired) electrons. The Morgan fingerprint density at radius 2 is 2.33 bits per heavy atom.